The minimum absolute atomic E-state index is 0.103. The normalized spacial score (nSPS) is 20.8. The fourth-order valence-corrected chi connectivity index (χ4v) is 3.40. The smallest absolute Gasteiger partial charge is 0.226 e. The summed E-state index contributed by atoms with van der Waals surface area (Å²) in [6.45, 7) is 7.37. The van der Waals surface area contributed by atoms with Gasteiger partial charge in [0.15, 0.2) is 0 Å². The second kappa shape index (κ2) is 12.3. The van der Waals surface area contributed by atoms with E-state index in [-0.39, 0.29) is 23.7 Å². The fraction of sp³-hybridized carbons (Fsp3) is 0.895. The van der Waals surface area contributed by atoms with Crippen molar-refractivity contribution in [3.8, 4) is 0 Å². The molecule has 0 aromatic heterocycles. The van der Waals surface area contributed by atoms with Crippen molar-refractivity contribution in [3.05, 3.63) is 0 Å². The molecule has 0 aliphatic carbocycles. The molecule has 24 heavy (non-hydrogen) atoms. The molecule has 140 valence electrons. The van der Waals surface area contributed by atoms with Gasteiger partial charge in [-0.25, -0.2) is 0 Å². The van der Waals surface area contributed by atoms with Gasteiger partial charge in [0.05, 0.1) is 11.8 Å². The number of nitrogens with zero attached hydrogens (tertiary/aromatic N) is 1. The molecule has 0 spiro atoms. The van der Waals surface area contributed by atoms with Gasteiger partial charge in [0.25, 0.3) is 0 Å². The van der Waals surface area contributed by atoms with Gasteiger partial charge in [-0.2, -0.15) is 0 Å². The molecule has 3 N–H and O–H groups in total. The first-order chi connectivity index (χ1) is 11.6. The Bertz CT molecular complexity index is 362. The highest BCUT2D eigenvalue weighted by molar-refractivity contribution is 5.82. The lowest BCUT2D eigenvalue weighted by atomic mass is 9.89. The van der Waals surface area contributed by atoms with Crippen LogP contribution in [0.25, 0.3) is 0 Å². The van der Waals surface area contributed by atoms with Crippen molar-refractivity contribution in [1.82, 2.24) is 10.2 Å². The maximum atomic E-state index is 12.9. The number of primary amides is 1. The Labute approximate surface area is 147 Å². The molecule has 1 saturated heterocycles. The first kappa shape index (κ1) is 20.9. The number of piperidine rings is 1. The number of hydrogen-bond donors (Lipinski definition) is 2. The molecule has 2 atom stereocenters. The zero-order chi connectivity index (χ0) is 17.8. The molecule has 5 nitrogen and oxygen atoms in total. The Hall–Kier alpha value is -1.10. The molecular formula is C19H37N3O2. The van der Waals surface area contributed by atoms with Gasteiger partial charge in [0.1, 0.15) is 0 Å². The molecule has 0 saturated carbocycles. The molecule has 0 radical (unpaired) electrons. The second-order valence-corrected chi connectivity index (χ2v) is 7.14. The largest absolute Gasteiger partial charge is 0.369 e. The number of carbonyl (C=O) groups is 2. The van der Waals surface area contributed by atoms with Crippen molar-refractivity contribution >= 4 is 11.8 Å². The van der Waals surface area contributed by atoms with Crippen LogP contribution >= 0.6 is 0 Å². The van der Waals surface area contributed by atoms with E-state index in [1.165, 1.54) is 38.5 Å². The van der Waals surface area contributed by atoms with E-state index in [9.17, 15) is 9.59 Å². The number of hydrogen-bond acceptors (Lipinski definition) is 3. The Morgan fingerprint density at radius 2 is 1.46 bits per heavy atom. The van der Waals surface area contributed by atoms with Crippen LogP contribution in [0, 0.1) is 11.8 Å². The summed E-state index contributed by atoms with van der Waals surface area (Å²) < 4.78 is 0. The van der Waals surface area contributed by atoms with Crippen LogP contribution in [-0.2, 0) is 9.59 Å². The minimum Gasteiger partial charge on any atom is -0.369 e. The van der Waals surface area contributed by atoms with Crippen molar-refractivity contribution < 1.29 is 9.59 Å². The third-order valence-corrected chi connectivity index (χ3v) is 4.98. The molecule has 0 aromatic carbocycles. The van der Waals surface area contributed by atoms with Crippen LogP contribution in [0.2, 0.25) is 0 Å². The number of unbranched alkanes of at least 4 members (excludes halogenated alkanes) is 6. The highest BCUT2D eigenvalue weighted by atomic mass is 16.2. The monoisotopic (exact) mass is 339 g/mol. The summed E-state index contributed by atoms with van der Waals surface area (Å²) in [6.07, 6.45) is 9.99. The maximum Gasteiger partial charge on any atom is 0.226 e. The van der Waals surface area contributed by atoms with Gasteiger partial charge in [0.2, 0.25) is 11.8 Å². The molecule has 1 heterocycles. The molecular weight excluding hydrogens is 302 g/mol. The van der Waals surface area contributed by atoms with Crippen LogP contribution in [0.1, 0.15) is 71.6 Å². The SMILES string of the molecule is CCCCCCN(CCCCCC)C(=O)C1CNCC(C(N)=O)C1. The molecule has 2 amide bonds. The molecule has 1 aliphatic heterocycles. The maximum absolute atomic E-state index is 12.9. The first-order valence-electron chi connectivity index (χ1n) is 9.88. The predicted molar refractivity (Wildman–Crippen MR) is 98.5 cm³/mol. The van der Waals surface area contributed by atoms with Gasteiger partial charge >= 0.3 is 0 Å². The van der Waals surface area contributed by atoms with Crippen LogP contribution in [0.5, 0.6) is 0 Å². The topological polar surface area (TPSA) is 75.4 Å². The number of rotatable bonds is 12. The van der Waals surface area contributed by atoms with Crippen molar-refractivity contribution in [2.75, 3.05) is 26.2 Å². The third-order valence-electron chi connectivity index (χ3n) is 4.98. The quantitative estimate of drug-likeness (QED) is 0.537. The van der Waals surface area contributed by atoms with E-state index in [0.717, 1.165) is 25.9 Å². The van der Waals surface area contributed by atoms with Crippen molar-refractivity contribution in [2.45, 2.75) is 71.6 Å². The van der Waals surface area contributed by atoms with Gasteiger partial charge in [-0.15, -0.1) is 0 Å². The van der Waals surface area contributed by atoms with Crippen LogP contribution in [0.4, 0.5) is 0 Å². The van der Waals surface area contributed by atoms with Gasteiger partial charge in [-0.05, 0) is 19.3 Å². The van der Waals surface area contributed by atoms with Crippen LogP contribution in [0.3, 0.4) is 0 Å². The number of amides is 2. The molecule has 5 heteroatoms. The zero-order valence-corrected chi connectivity index (χ0v) is 15.7. The second-order valence-electron chi connectivity index (χ2n) is 7.14. The summed E-state index contributed by atoms with van der Waals surface area (Å²) in [7, 11) is 0. The van der Waals surface area contributed by atoms with Crippen molar-refractivity contribution in [3.63, 3.8) is 0 Å². The summed E-state index contributed by atoms with van der Waals surface area (Å²) in [5.74, 6) is -0.401. The Morgan fingerprint density at radius 3 is 1.96 bits per heavy atom. The van der Waals surface area contributed by atoms with Gasteiger partial charge in [0, 0.05) is 26.2 Å². The van der Waals surface area contributed by atoms with E-state index in [1.807, 2.05) is 4.90 Å². The number of carbonyl (C=O) groups excluding carboxylic acids is 2. The molecule has 1 fully saturated rings. The van der Waals surface area contributed by atoms with E-state index in [0.29, 0.717) is 19.5 Å². The first-order valence-corrected chi connectivity index (χ1v) is 9.88. The highest BCUT2D eigenvalue weighted by Crippen LogP contribution is 2.19. The summed E-state index contributed by atoms with van der Waals surface area (Å²) >= 11 is 0. The molecule has 0 bridgehead atoms. The lowest BCUT2D eigenvalue weighted by Gasteiger charge is -2.32. The van der Waals surface area contributed by atoms with E-state index in [4.69, 9.17) is 5.73 Å². The molecule has 2 unspecified atom stereocenters. The summed E-state index contributed by atoms with van der Waals surface area (Å²) in [4.78, 5) is 26.4. The van der Waals surface area contributed by atoms with E-state index < -0.39 is 0 Å². The van der Waals surface area contributed by atoms with Gasteiger partial charge in [-0.1, -0.05) is 52.4 Å². The molecule has 1 aliphatic rings. The average Bonchev–Trinajstić information content (AvgIpc) is 2.60. The summed E-state index contributed by atoms with van der Waals surface area (Å²) in [5.41, 5.74) is 5.43. The zero-order valence-electron chi connectivity index (χ0n) is 15.7. The Kier molecular flexibility index (Phi) is 10.7. The minimum atomic E-state index is -0.294. The van der Waals surface area contributed by atoms with Crippen molar-refractivity contribution in [1.29, 1.82) is 0 Å². The van der Waals surface area contributed by atoms with Crippen molar-refractivity contribution in [2.24, 2.45) is 17.6 Å². The van der Waals surface area contributed by atoms with Crippen LogP contribution in [-0.4, -0.2) is 42.9 Å². The average molecular weight is 340 g/mol. The molecule has 1 rings (SSSR count). The van der Waals surface area contributed by atoms with Gasteiger partial charge in [-0.3, -0.25) is 9.59 Å². The van der Waals surface area contributed by atoms with E-state index >= 15 is 0 Å². The number of nitrogens with one attached hydrogen (secondary N) is 1. The van der Waals surface area contributed by atoms with Gasteiger partial charge < -0.3 is 16.0 Å². The van der Waals surface area contributed by atoms with E-state index in [1.54, 1.807) is 0 Å². The lowest BCUT2D eigenvalue weighted by molar-refractivity contribution is -0.137. The van der Waals surface area contributed by atoms with E-state index in [2.05, 4.69) is 19.2 Å². The lowest BCUT2D eigenvalue weighted by Crippen LogP contribution is -2.48. The van der Waals surface area contributed by atoms with Crippen LogP contribution in [0.15, 0.2) is 0 Å². The Balaban J connectivity index is 2.54. The summed E-state index contributed by atoms with van der Waals surface area (Å²) in [6, 6.07) is 0. The standard InChI is InChI=1S/C19H37N3O2/c1-3-5-7-9-11-22(12-10-8-6-4-2)19(24)17-13-16(18(20)23)14-21-15-17/h16-17,21H,3-15H2,1-2H3,(H2,20,23). The third kappa shape index (κ3) is 7.65. The Morgan fingerprint density at radius 1 is 0.917 bits per heavy atom. The highest BCUT2D eigenvalue weighted by Gasteiger charge is 2.32. The molecule has 0 aromatic rings. The predicted octanol–water partition coefficient (Wildman–Crippen LogP) is 2.69. The summed E-state index contributed by atoms with van der Waals surface area (Å²) in [5, 5.41) is 3.21. The fourth-order valence-electron chi connectivity index (χ4n) is 3.40. The number of nitrogens with two attached hydrogens (primary N) is 1. The van der Waals surface area contributed by atoms with Crippen LogP contribution < -0.4 is 11.1 Å².